The molecule has 0 N–H and O–H groups in total. The highest BCUT2D eigenvalue weighted by molar-refractivity contribution is 6.78. The van der Waals surface area contributed by atoms with Crippen LogP contribution in [0.3, 0.4) is 0 Å². The summed E-state index contributed by atoms with van der Waals surface area (Å²) in [7, 11) is 0. The maximum Gasteiger partial charge on any atom is 0.331 e. The lowest BCUT2D eigenvalue weighted by molar-refractivity contribution is 0.211. The van der Waals surface area contributed by atoms with Crippen LogP contribution in [0.4, 0.5) is 14.4 Å². The van der Waals surface area contributed by atoms with E-state index in [1.165, 1.54) is 0 Å². The fraction of sp³-hybridized carbons (Fsp3) is 0. The maximum absolute atomic E-state index is 10.1. The second-order valence-electron chi connectivity index (χ2n) is 2.25. The summed E-state index contributed by atoms with van der Waals surface area (Å²) in [5, 5.41) is -4.00. The molecule has 0 radical (unpaired) electrons. The third kappa shape index (κ3) is 6.40. The van der Waals surface area contributed by atoms with Gasteiger partial charge < -0.3 is 0 Å². The molecule has 0 atom stereocenters. The van der Waals surface area contributed by atoms with E-state index in [0.29, 0.717) is 0 Å². The van der Waals surface area contributed by atoms with Gasteiger partial charge in [-0.25, -0.2) is 0 Å². The zero-order chi connectivity index (χ0) is 12.6. The summed E-state index contributed by atoms with van der Waals surface area (Å²) < 4.78 is 0. The molecule has 0 saturated carbocycles. The number of hydrogen-bond donors (Lipinski definition) is 0. The Hall–Kier alpha value is -1.10. The lowest BCUT2D eigenvalue weighted by Gasteiger charge is -2.04. The van der Waals surface area contributed by atoms with Crippen molar-refractivity contribution in [3.63, 3.8) is 0 Å². The molecule has 0 aliphatic rings. The zero-order valence-electron chi connectivity index (χ0n) is 7.77. The van der Waals surface area contributed by atoms with E-state index in [2.05, 4.69) is 0 Å². The number of imide groups is 3. The zero-order valence-corrected chi connectivity index (χ0v) is 10.0. The first kappa shape index (κ1) is 14.9. The van der Waals surface area contributed by atoms with Gasteiger partial charge in [-0.15, -0.1) is 0 Å². The van der Waals surface area contributed by atoms with E-state index in [-0.39, 0.29) is 4.90 Å². The first-order valence-electron chi connectivity index (χ1n) is 3.85. The third-order valence-corrected chi connectivity index (χ3v) is 1.70. The molecule has 86 valence electrons. The van der Waals surface area contributed by atoms with Gasteiger partial charge in [0.2, 0.25) is 0 Å². The molecule has 3 amide bonds. The SMILES string of the molecule is O=C(Cl)N(C(=O)Cl)C(=O)Cl.c1ccccc1. The average Bonchev–Trinajstić information content (AvgIpc) is 2.19. The summed E-state index contributed by atoms with van der Waals surface area (Å²) in [6, 6.07) is 12.0. The molecule has 0 saturated heterocycles. The van der Waals surface area contributed by atoms with Crippen LogP contribution in [0.5, 0.6) is 0 Å². The van der Waals surface area contributed by atoms with Crippen molar-refractivity contribution in [2.75, 3.05) is 0 Å². The quantitative estimate of drug-likeness (QED) is 0.533. The van der Waals surface area contributed by atoms with Gasteiger partial charge in [-0.2, -0.15) is 4.90 Å². The summed E-state index contributed by atoms with van der Waals surface area (Å²) in [5.41, 5.74) is 0. The third-order valence-electron chi connectivity index (χ3n) is 1.19. The number of hydrogen-bond acceptors (Lipinski definition) is 3. The van der Waals surface area contributed by atoms with Crippen LogP contribution in [-0.4, -0.2) is 21.0 Å². The summed E-state index contributed by atoms with van der Waals surface area (Å²) in [5.74, 6) is 0. The summed E-state index contributed by atoms with van der Waals surface area (Å²) in [6.45, 7) is 0. The number of amides is 3. The first-order valence-corrected chi connectivity index (χ1v) is 4.98. The Labute approximate surface area is 107 Å². The van der Waals surface area contributed by atoms with Crippen molar-refractivity contribution in [1.82, 2.24) is 4.90 Å². The molecular weight excluding hydrogens is 276 g/mol. The van der Waals surface area contributed by atoms with Gasteiger partial charge >= 0.3 is 16.1 Å². The van der Waals surface area contributed by atoms with Gasteiger partial charge in [0.05, 0.1) is 0 Å². The Balaban J connectivity index is 0.000000315. The van der Waals surface area contributed by atoms with Crippen LogP contribution in [0.2, 0.25) is 0 Å². The molecule has 0 aliphatic carbocycles. The Morgan fingerprint density at radius 3 is 0.875 bits per heavy atom. The van der Waals surface area contributed by atoms with E-state index in [0.717, 1.165) is 0 Å². The Morgan fingerprint density at radius 2 is 0.812 bits per heavy atom. The van der Waals surface area contributed by atoms with Crippen LogP contribution in [0.25, 0.3) is 0 Å². The van der Waals surface area contributed by atoms with Crippen molar-refractivity contribution in [2.24, 2.45) is 0 Å². The molecule has 0 fully saturated rings. The van der Waals surface area contributed by atoms with Crippen LogP contribution in [0.1, 0.15) is 0 Å². The molecule has 16 heavy (non-hydrogen) atoms. The van der Waals surface area contributed by atoms with E-state index >= 15 is 0 Å². The van der Waals surface area contributed by atoms with E-state index in [1.54, 1.807) is 0 Å². The molecule has 7 heteroatoms. The molecule has 0 unspecified atom stereocenters. The molecule has 1 aromatic carbocycles. The van der Waals surface area contributed by atoms with Gasteiger partial charge in [-0.1, -0.05) is 36.4 Å². The largest absolute Gasteiger partial charge is 0.331 e. The van der Waals surface area contributed by atoms with Gasteiger partial charge in [0.1, 0.15) is 0 Å². The van der Waals surface area contributed by atoms with Gasteiger partial charge in [-0.3, -0.25) is 14.4 Å². The molecule has 0 heterocycles. The summed E-state index contributed by atoms with van der Waals surface area (Å²) in [4.78, 5) is 30.2. The topological polar surface area (TPSA) is 54.5 Å². The van der Waals surface area contributed by atoms with Gasteiger partial charge in [0.25, 0.3) is 0 Å². The molecule has 1 rings (SSSR count). The lowest BCUT2D eigenvalue weighted by atomic mass is 10.4. The Bertz CT molecular complexity index is 310. The molecule has 0 spiro atoms. The van der Waals surface area contributed by atoms with Gasteiger partial charge in [0, 0.05) is 0 Å². The van der Waals surface area contributed by atoms with Gasteiger partial charge in [0.15, 0.2) is 0 Å². The molecule has 0 aliphatic heterocycles. The monoisotopic (exact) mass is 281 g/mol. The van der Waals surface area contributed by atoms with Crippen LogP contribution in [0.15, 0.2) is 36.4 Å². The lowest BCUT2D eigenvalue weighted by Crippen LogP contribution is -2.30. The Kier molecular flexibility index (Phi) is 7.54. The molecule has 0 aromatic heterocycles. The smallest absolute Gasteiger partial charge is 0.254 e. The van der Waals surface area contributed by atoms with Crippen LogP contribution < -0.4 is 0 Å². The number of carbonyl (C=O) groups is 3. The van der Waals surface area contributed by atoms with Crippen molar-refractivity contribution in [2.45, 2.75) is 0 Å². The predicted octanol–water partition coefficient (Wildman–Crippen LogP) is 4.05. The second-order valence-corrected chi connectivity index (χ2v) is 3.22. The first-order chi connectivity index (χ1) is 7.46. The number of halogens is 3. The van der Waals surface area contributed by atoms with Crippen LogP contribution >= 0.6 is 34.8 Å². The van der Waals surface area contributed by atoms with Gasteiger partial charge in [-0.05, 0) is 34.8 Å². The van der Waals surface area contributed by atoms with Crippen LogP contribution in [0, 0.1) is 0 Å². The standard InChI is InChI=1S/C6H6.C3Cl3NO3/c1-2-4-6-5-3-1;4-1(8)7(2(5)9)3(6)10/h1-6H;. The number of rotatable bonds is 0. The number of carbonyl (C=O) groups excluding carboxylic acids is 3. The van der Waals surface area contributed by atoms with Crippen LogP contribution in [-0.2, 0) is 0 Å². The Morgan fingerprint density at radius 1 is 0.625 bits per heavy atom. The second kappa shape index (κ2) is 8.10. The highest BCUT2D eigenvalue weighted by atomic mass is 35.5. The number of nitrogens with zero attached hydrogens (tertiary/aromatic N) is 1. The molecule has 1 aromatic rings. The molecular formula is C9H6Cl3NO3. The highest BCUT2D eigenvalue weighted by Gasteiger charge is 2.23. The predicted molar refractivity (Wildman–Crippen MR) is 62.0 cm³/mol. The van der Waals surface area contributed by atoms with E-state index in [1.807, 2.05) is 36.4 Å². The van der Waals surface area contributed by atoms with Crippen molar-refractivity contribution in [1.29, 1.82) is 0 Å². The van der Waals surface area contributed by atoms with Crippen molar-refractivity contribution < 1.29 is 14.4 Å². The van der Waals surface area contributed by atoms with Crippen molar-refractivity contribution in [3.05, 3.63) is 36.4 Å². The number of benzene rings is 1. The maximum atomic E-state index is 10.1. The van der Waals surface area contributed by atoms with Crippen molar-refractivity contribution in [3.8, 4) is 0 Å². The van der Waals surface area contributed by atoms with E-state index in [9.17, 15) is 14.4 Å². The fourth-order valence-electron chi connectivity index (χ4n) is 0.592. The minimum absolute atomic E-state index is 0.120. The summed E-state index contributed by atoms with van der Waals surface area (Å²) in [6.07, 6.45) is 0. The normalized spacial score (nSPS) is 8.44. The fourth-order valence-corrected chi connectivity index (χ4v) is 1.18. The molecule has 4 nitrogen and oxygen atoms in total. The minimum atomic E-state index is -1.33. The summed E-state index contributed by atoms with van der Waals surface area (Å²) >= 11 is 14.1. The van der Waals surface area contributed by atoms with Crippen molar-refractivity contribution >= 4 is 50.9 Å². The minimum Gasteiger partial charge on any atom is -0.254 e. The highest BCUT2D eigenvalue weighted by Crippen LogP contribution is 2.05. The van der Waals surface area contributed by atoms with E-state index in [4.69, 9.17) is 34.8 Å². The molecule has 0 bridgehead atoms. The average molecular weight is 283 g/mol. The van der Waals surface area contributed by atoms with E-state index < -0.39 is 16.1 Å².